The second-order valence-corrected chi connectivity index (χ2v) is 4.54. The van der Waals surface area contributed by atoms with Crippen molar-refractivity contribution in [2.24, 2.45) is 0 Å². The molecule has 0 amide bonds. The van der Waals surface area contributed by atoms with Crippen LogP contribution in [0.1, 0.15) is 5.56 Å². The van der Waals surface area contributed by atoms with E-state index >= 15 is 0 Å². The highest BCUT2D eigenvalue weighted by atomic mass is 19.1. The first kappa shape index (κ1) is 16.1. The lowest BCUT2D eigenvalue weighted by atomic mass is 10.2. The molecule has 23 heavy (non-hydrogen) atoms. The number of nitrogens with zero attached hydrogens (tertiary/aromatic N) is 2. The molecule has 0 saturated heterocycles. The fourth-order valence-corrected chi connectivity index (χ4v) is 1.97. The van der Waals surface area contributed by atoms with Gasteiger partial charge in [0.25, 0.3) is 11.4 Å². The summed E-state index contributed by atoms with van der Waals surface area (Å²) in [5, 5.41) is 24.5. The maximum Gasteiger partial charge on any atom is 0.295 e. The lowest BCUT2D eigenvalue weighted by Gasteiger charge is -2.10. The molecule has 0 saturated carbocycles. The third-order valence-corrected chi connectivity index (χ3v) is 3.07. The molecule has 0 fully saturated rings. The Morgan fingerprint density at radius 1 is 1.17 bits per heavy atom. The topological polar surface area (TPSA) is 108 Å². The highest BCUT2D eigenvalue weighted by Crippen LogP contribution is 2.32. The minimum Gasteiger partial charge on any atom is -0.494 e. The van der Waals surface area contributed by atoms with Crippen molar-refractivity contribution in [3.63, 3.8) is 0 Å². The standard InChI is InChI=1S/C14H12FN3O5/c1-23-14-7-12(13(18(21)22)6-11(14)15)16-8-9-3-2-4-10(5-9)17(19)20/h2-7,16H,8H2,1H3. The molecule has 0 aliphatic heterocycles. The molecule has 8 nitrogen and oxygen atoms in total. The SMILES string of the molecule is COc1cc(NCc2cccc([N+](=O)[O-])c2)c([N+](=O)[O-])cc1F. The highest BCUT2D eigenvalue weighted by Gasteiger charge is 2.19. The van der Waals surface area contributed by atoms with Gasteiger partial charge in [0, 0.05) is 24.7 Å². The third-order valence-electron chi connectivity index (χ3n) is 3.07. The van der Waals surface area contributed by atoms with E-state index in [1.54, 1.807) is 6.07 Å². The quantitative estimate of drug-likeness (QED) is 0.646. The molecule has 0 bridgehead atoms. The first-order valence-electron chi connectivity index (χ1n) is 6.41. The van der Waals surface area contributed by atoms with Crippen molar-refractivity contribution in [2.45, 2.75) is 6.54 Å². The van der Waals surface area contributed by atoms with Crippen LogP contribution >= 0.6 is 0 Å². The Balaban J connectivity index is 2.27. The van der Waals surface area contributed by atoms with E-state index < -0.39 is 21.4 Å². The van der Waals surface area contributed by atoms with Gasteiger partial charge in [-0.3, -0.25) is 20.2 Å². The second-order valence-electron chi connectivity index (χ2n) is 4.54. The highest BCUT2D eigenvalue weighted by molar-refractivity contribution is 5.64. The molecule has 1 N–H and O–H groups in total. The molecule has 0 unspecified atom stereocenters. The van der Waals surface area contributed by atoms with E-state index in [0.29, 0.717) is 5.56 Å². The third kappa shape index (κ3) is 3.70. The van der Waals surface area contributed by atoms with Crippen LogP contribution in [0.3, 0.4) is 0 Å². The minimum absolute atomic E-state index is 0.0553. The van der Waals surface area contributed by atoms with Crippen molar-refractivity contribution in [3.05, 3.63) is 68.0 Å². The first-order chi connectivity index (χ1) is 10.9. The fourth-order valence-electron chi connectivity index (χ4n) is 1.97. The number of hydrogen-bond acceptors (Lipinski definition) is 6. The van der Waals surface area contributed by atoms with Crippen LogP contribution in [0.5, 0.6) is 5.75 Å². The smallest absolute Gasteiger partial charge is 0.295 e. The summed E-state index contributed by atoms with van der Waals surface area (Å²) >= 11 is 0. The van der Waals surface area contributed by atoms with Gasteiger partial charge in [-0.1, -0.05) is 12.1 Å². The number of rotatable bonds is 6. The van der Waals surface area contributed by atoms with Gasteiger partial charge in [-0.2, -0.15) is 0 Å². The molecule has 120 valence electrons. The van der Waals surface area contributed by atoms with E-state index in [-0.39, 0.29) is 23.7 Å². The van der Waals surface area contributed by atoms with Crippen LogP contribution in [-0.4, -0.2) is 17.0 Å². The summed E-state index contributed by atoms with van der Waals surface area (Å²) in [5.41, 5.74) is 0.0702. The van der Waals surface area contributed by atoms with Crippen molar-refractivity contribution < 1.29 is 19.0 Å². The lowest BCUT2D eigenvalue weighted by Crippen LogP contribution is -2.04. The minimum atomic E-state index is -0.847. The normalized spacial score (nSPS) is 10.2. The van der Waals surface area contributed by atoms with E-state index in [1.165, 1.54) is 31.4 Å². The summed E-state index contributed by atoms with van der Waals surface area (Å²) in [7, 11) is 1.24. The summed E-state index contributed by atoms with van der Waals surface area (Å²) in [4.78, 5) is 20.5. The van der Waals surface area contributed by atoms with Crippen LogP contribution < -0.4 is 10.1 Å². The van der Waals surface area contributed by atoms with Crippen LogP contribution in [0.2, 0.25) is 0 Å². The molecule has 0 atom stereocenters. The number of anilines is 1. The van der Waals surface area contributed by atoms with Gasteiger partial charge in [0.05, 0.1) is 23.0 Å². The van der Waals surface area contributed by atoms with Gasteiger partial charge < -0.3 is 10.1 Å². The number of hydrogen-bond donors (Lipinski definition) is 1. The van der Waals surface area contributed by atoms with Crippen molar-refractivity contribution in [3.8, 4) is 5.75 Å². The van der Waals surface area contributed by atoms with E-state index in [1.807, 2.05) is 0 Å². The van der Waals surface area contributed by atoms with Gasteiger partial charge >= 0.3 is 0 Å². The van der Waals surface area contributed by atoms with Crippen molar-refractivity contribution in [1.29, 1.82) is 0 Å². The number of benzene rings is 2. The Labute approximate surface area is 129 Å². The van der Waals surface area contributed by atoms with Crippen molar-refractivity contribution in [2.75, 3.05) is 12.4 Å². The van der Waals surface area contributed by atoms with E-state index in [0.717, 1.165) is 6.07 Å². The number of halogens is 1. The Hall–Kier alpha value is -3.23. The van der Waals surface area contributed by atoms with Gasteiger partial charge in [0.1, 0.15) is 5.69 Å². The predicted molar refractivity (Wildman–Crippen MR) is 80.0 cm³/mol. The second kappa shape index (κ2) is 6.69. The summed E-state index contributed by atoms with van der Waals surface area (Å²) in [6.45, 7) is 0.0946. The largest absolute Gasteiger partial charge is 0.494 e. The summed E-state index contributed by atoms with van der Waals surface area (Å²) in [6.07, 6.45) is 0. The average molecular weight is 321 g/mol. The molecular formula is C14H12FN3O5. The Kier molecular flexibility index (Phi) is 4.69. The van der Waals surface area contributed by atoms with Crippen LogP contribution in [0.25, 0.3) is 0 Å². The van der Waals surface area contributed by atoms with Gasteiger partial charge in [-0.15, -0.1) is 0 Å². The predicted octanol–water partition coefficient (Wildman–Crippen LogP) is 3.26. The van der Waals surface area contributed by atoms with E-state index in [9.17, 15) is 24.6 Å². The summed E-state index contributed by atoms with van der Waals surface area (Å²) in [6, 6.07) is 7.76. The maximum absolute atomic E-state index is 13.6. The number of nitro groups is 2. The van der Waals surface area contributed by atoms with Gasteiger partial charge in [0.2, 0.25) is 0 Å². The zero-order valence-corrected chi connectivity index (χ0v) is 12.0. The molecule has 0 heterocycles. The Morgan fingerprint density at radius 2 is 1.91 bits per heavy atom. The molecule has 0 aliphatic rings. The van der Waals surface area contributed by atoms with Gasteiger partial charge in [-0.25, -0.2) is 4.39 Å². The van der Waals surface area contributed by atoms with Crippen LogP contribution in [0, 0.1) is 26.0 Å². The molecule has 0 aromatic heterocycles. The van der Waals surface area contributed by atoms with Crippen molar-refractivity contribution >= 4 is 17.1 Å². The molecule has 0 aliphatic carbocycles. The average Bonchev–Trinajstić information content (AvgIpc) is 2.53. The van der Waals surface area contributed by atoms with Crippen LogP contribution in [-0.2, 0) is 6.54 Å². The monoisotopic (exact) mass is 321 g/mol. The maximum atomic E-state index is 13.6. The summed E-state index contributed by atoms with van der Waals surface area (Å²) in [5.74, 6) is -0.989. The van der Waals surface area contributed by atoms with Gasteiger partial charge in [0.15, 0.2) is 11.6 Å². The molecule has 2 aromatic rings. The zero-order valence-electron chi connectivity index (χ0n) is 12.0. The number of non-ortho nitro benzene ring substituents is 1. The number of nitro benzene ring substituents is 2. The van der Waals surface area contributed by atoms with E-state index in [2.05, 4.69) is 5.32 Å². The number of methoxy groups -OCH3 is 1. The van der Waals surface area contributed by atoms with Gasteiger partial charge in [-0.05, 0) is 5.56 Å². The van der Waals surface area contributed by atoms with Crippen molar-refractivity contribution in [1.82, 2.24) is 0 Å². The molecule has 0 spiro atoms. The molecule has 2 rings (SSSR count). The number of ether oxygens (including phenoxy) is 1. The lowest BCUT2D eigenvalue weighted by molar-refractivity contribution is -0.384. The Morgan fingerprint density at radius 3 is 2.52 bits per heavy atom. The fraction of sp³-hybridized carbons (Fsp3) is 0.143. The molecule has 0 radical (unpaired) electrons. The van der Waals surface area contributed by atoms with E-state index in [4.69, 9.17) is 4.74 Å². The molecule has 2 aromatic carbocycles. The number of nitrogens with one attached hydrogen (secondary N) is 1. The first-order valence-corrected chi connectivity index (χ1v) is 6.41. The zero-order chi connectivity index (χ0) is 17.0. The van der Waals surface area contributed by atoms with Crippen LogP contribution in [0.15, 0.2) is 36.4 Å². The van der Waals surface area contributed by atoms with Crippen LogP contribution in [0.4, 0.5) is 21.5 Å². The Bertz CT molecular complexity index is 766. The summed E-state index contributed by atoms with van der Waals surface area (Å²) < 4.78 is 18.4. The molecule has 9 heteroatoms. The molecular weight excluding hydrogens is 309 g/mol.